The maximum absolute atomic E-state index is 12.0. The summed E-state index contributed by atoms with van der Waals surface area (Å²) in [4.78, 5) is 12.0. The fraction of sp³-hybridized carbons (Fsp3) is 0.143. The van der Waals surface area contributed by atoms with Gasteiger partial charge in [-0.05, 0) is 36.3 Å². The SMILES string of the molecule is CCOC(=O)/C(C#N)=C/C1=Cc2ccccc2OC1c1ccccc1. The van der Waals surface area contributed by atoms with Crippen molar-refractivity contribution in [2.24, 2.45) is 0 Å². The van der Waals surface area contributed by atoms with Crippen LogP contribution in [0.15, 0.2) is 71.8 Å². The van der Waals surface area contributed by atoms with E-state index in [0.717, 1.165) is 22.4 Å². The summed E-state index contributed by atoms with van der Waals surface area (Å²) in [5, 5.41) is 9.32. The van der Waals surface area contributed by atoms with Crippen LogP contribution >= 0.6 is 0 Å². The van der Waals surface area contributed by atoms with Gasteiger partial charge in [0.1, 0.15) is 23.5 Å². The van der Waals surface area contributed by atoms with Crippen molar-refractivity contribution in [1.82, 2.24) is 0 Å². The second kappa shape index (κ2) is 7.50. The highest BCUT2D eigenvalue weighted by Gasteiger charge is 2.24. The Bertz CT molecular complexity index is 876. The molecule has 2 aromatic carbocycles. The van der Waals surface area contributed by atoms with Gasteiger partial charge >= 0.3 is 5.97 Å². The van der Waals surface area contributed by atoms with E-state index >= 15 is 0 Å². The molecule has 25 heavy (non-hydrogen) atoms. The van der Waals surface area contributed by atoms with Crippen LogP contribution in [0.3, 0.4) is 0 Å². The third kappa shape index (κ3) is 3.61. The summed E-state index contributed by atoms with van der Waals surface area (Å²) in [6.07, 6.45) is 3.09. The fourth-order valence-electron chi connectivity index (χ4n) is 2.68. The molecular weight excluding hydrogens is 314 g/mol. The summed E-state index contributed by atoms with van der Waals surface area (Å²) >= 11 is 0. The number of esters is 1. The van der Waals surface area contributed by atoms with Crippen molar-refractivity contribution in [2.45, 2.75) is 13.0 Å². The summed E-state index contributed by atoms with van der Waals surface area (Å²) in [7, 11) is 0. The molecular formula is C21H17NO3. The Kier molecular flexibility index (Phi) is 4.96. The van der Waals surface area contributed by atoms with Gasteiger partial charge in [-0.2, -0.15) is 5.26 Å². The van der Waals surface area contributed by atoms with Crippen LogP contribution in [-0.2, 0) is 9.53 Å². The van der Waals surface area contributed by atoms with E-state index in [1.54, 1.807) is 13.0 Å². The molecule has 1 atom stereocenters. The van der Waals surface area contributed by atoms with E-state index in [4.69, 9.17) is 9.47 Å². The summed E-state index contributed by atoms with van der Waals surface area (Å²) in [6.45, 7) is 1.93. The molecule has 4 heteroatoms. The minimum Gasteiger partial charge on any atom is -0.480 e. The van der Waals surface area contributed by atoms with Crippen LogP contribution in [0.4, 0.5) is 0 Å². The van der Waals surface area contributed by atoms with Crippen LogP contribution in [0, 0.1) is 11.3 Å². The highest BCUT2D eigenvalue weighted by atomic mass is 16.5. The molecule has 0 N–H and O–H groups in total. The molecule has 1 unspecified atom stereocenters. The monoisotopic (exact) mass is 331 g/mol. The van der Waals surface area contributed by atoms with Gasteiger partial charge in [0.05, 0.1) is 6.61 Å². The Morgan fingerprint density at radius 1 is 1.20 bits per heavy atom. The van der Waals surface area contributed by atoms with Crippen LogP contribution in [0.1, 0.15) is 24.2 Å². The van der Waals surface area contributed by atoms with Gasteiger partial charge in [-0.25, -0.2) is 4.79 Å². The number of rotatable bonds is 4. The highest BCUT2D eigenvalue weighted by Crippen LogP contribution is 2.38. The van der Waals surface area contributed by atoms with Crippen LogP contribution in [0.2, 0.25) is 0 Å². The molecule has 0 amide bonds. The fourth-order valence-corrected chi connectivity index (χ4v) is 2.68. The van der Waals surface area contributed by atoms with E-state index in [1.807, 2.05) is 66.7 Å². The zero-order chi connectivity index (χ0) is 17.6. The predicted molar refractivity (Wildman–Crippen MR) is 94.6 cm³/mol. The molecule has 0 saturated heterocycles. The van der Waals surface area contributed by atoms with E-state index in [0.29, 0.717) is 0 Å². The van der Waals surface area contributed by atoms with Crippen molar-refractivity contribution in [2.75, 3.05) is 6.61 Å². The second-order valence-corrected chi connectivity index (χ2v) is 5.48. The first-order valence-electron chi connectivity index (χ1n) is 8.04. The van der Waals surface area contributed by atoms with E-state index in [9.17, 15) is 10.1 Å². The zero-order valence-corrected chi connectivity index (χ0v) is 13.8. The standard InChI is InChI=1S/C21H17NO3/c1-2-24-21(23)18(14-22)13-17-12-16-10-6-7-11-19(16)25-20(17)15-8-4-3-5-9-15/h3-13,20H,2H2,1H3/b18-13+. The molecule has 4 nitrogen and oxygen atoms in total. The number of benzene rings is 2. The minimum absolute atomic E-state index is 0.0444. The molecule has 1 heterocycles. The minimum atomic E-state index is -0.628. The van der Waals surface area contributed by atoms with Gasteiger partial charge in [0.15, 0.2) is 0 Å². The smallest absolute Gasteiger partial charge is 0.348 e. The number of hydrogen-bond acceptors (Lipinski definition) is 4. The lowest BCUT2D eigenvalue weighted by atomic mass is 9.94. The number of hydrogen-bond donors (Lipinski definition) is 0. The summed E-state index contributed by atoms with van der Waals surface area (Å²) in [5.74, 6) is 0.139. The largest absolute Gasteiger partial charge is 0.480 e. The molecule has 0 radical (unpaired) electrons. The van der Waals surface area contributed by atoms with E-state index < -0.39 is 12.1 Å². The van der Waals surface area contributed by atoms with Gasteiger partial charge in [-0.3, -0.25) is 0 Å². The topological polar surface area (TPSA) is 59.3 Å². The Balaban J connectivity index is 2.07. The third-order valence-corrected chi connectivity index (χ3v) is 3.82. The van der Waals surface area contributed by atoms with E-state index in [-0.39, 0.29) is 12.2 Å². The molecule has 0 fully saturated rings. The average molecular weight is 331 g/mol. The molecule has 0 saturated carbocycles. The predicted octanol–water partition coefficient (Wildman–Crippen LogP) is 4.22. The number of carbonyl (C=O) groups excluding carboxylic acids is 1. The molecule has 0 aromatic heterocycles. The lowest BCUT2D eigenvalue weighted by molar-refractivity contribution is -0.138. The van der Waals surface area contributed by atoms with Crippen LogP contribution in [0.5, 0.6) is 5.75 Å². The van der Waals surface area contributed by atoms with Crippen molar-refractivity contribution in [3.8, 4) is 11.8 Å². The number of fused-ring (bicyclic) bond motifs is 1. The first-order chi connectivity index (χ1) is 12.2. The molecule has 3 rings (SSSR count). The molecule has 1 aliphatic rings. The molecule has 2 aromatic rings. The van der Waals surface area contributed by atoms with Crippen molar-refractivity contribution in [3.05, 3.63) is 82.9 Å². The van der Waals surface area contributed by atoms with Crippen molar-refractivity contribution < 1.29 is 14.3 Å². The van der Waals surface area contributed by atoms with Gasteiger partial charge in [0, 0.05) is 5.56 Å². The third-order valence-electron chi connectivity index (χ3n) is 3.82. The first-order valence-corrected chi connectivity index (χ1v) is 8.04. The Morgan fingerprint density at radius 2 is 1.92 bits per heavy atom. The Labute approximate surface area is 146 Å². The Hall–Kier alpha value is -3.32. The molecule has 0 spiro atoms. The highest BCUT2D eigenvalue weighted by molar-refractivity contribution is 5.93. The van der Waals surface area contributed by atoms with Crippen molar-refractivity contribution in [3.63, 3.8) is 0 Å². The summed E-state index contributed by atoms with van der Waals surface area (Å²) < 4.78 is 11.1. The quantitative estimate of drug-likeness (QED) is 0.478. The van der Waals surface area contributed by atoms with Crippen LogP contribution in [-0.4, -0.2) is 12.6 Å². The molecule has 124 valence electrons. The average Bonchev–Trinajstić information content (AvgIpc) is 2.66. The van der Waals surface area contributed by atoms with Crippen LogP contribution in [0.25, 0.3) is 6.08 Å². The lowest BCUT2D eigenvalue weighted by Gasteiger charge is -2.26. The van der Waals surface area contributed by atoms with E-state index in [2.05, 4.69) is 0 Å². The lowest BCUT2D eigenvalue weighted by Crippen LogP contribution is -2.15. The molecule has 0 bridgehead atoms. The number of nitrogens with zero attached hydrogens (tertiary/aromatic N) is 1. The Morgan fingerprint density at radius 3 is 2.64 bits per heavy atom. The van der Waals surface area contributed by atoms with Crippen LogP contribution < -0.4 is 4.74 Å². The van der Waals surface area contributed by atoms with Gasteiger partial charge in [-0.15, -0.1) is 0 Å². The van der Waals surface area contributed by atoms with Gasteiger partial charge < -0.3 is 9.47 Å². The number of nitriles is 1. The normalized spacial score (nSPS) is 16.1. The first kappa shape index (κ1) is 16.5. The van der Waals surface area contributed by atoms with Gasteiger partial charge in [-0.1, -0.05) is 48.5 Å². The number of ether oxygens (including phenoxy) is 2. The maximum Gasteiger partial charge on any atom is 0.348 e. The van der Waals surface area contributed by atoms with Gasteiger partial charge in [0.2, 0.25) is 0 Å². The molecule has 0 aliphatic carbocycles. The number of para-hydroxylation sites is 1. The molecule has 1 aliphatic heterocycles. The van der Waals surface area contributed by atoms with E-state index in [1.165, 1.54) is 0 Å². The van der Waals surface area contributed by atoms with Gasteiger partial charge in [0.25, 0.3) is 0 Å². The van der Waals surface area contributed by atoms with Crippen molar-refractivity contribution in [1.29, 1.82) is 5.26 Å². The summed E-state index contributed by atoms with van der Waals surface area (Å²) in [5.41, 5.74) is 2.54. The maximum atomic E-state index is 12.0. The number of carbonyl (C=O) groups is 1. The zero-order valence-electron chi connectivity index (χ0n) is 13.8. The summed E-state index contributed by atoms with van der Waals surface area (Å²) in [6, 6.07) is 19.3. The van der Waals surface area contributed by atoms with Crippen molar-refractivity contribution >= 4 is 12.0 Å². The second-order valence-electron chi connectivity index (χ2n) is 5.48.